The van der Waals surface area contributed by atoms with Crippen LogP contribution in [0.25, 0.3) is 0 Å². The second-order valence-corrected chi connectivity index (χ2v) is 6.05. The number of rotatable bonds is 3. The zero-order valence-corrected chi connectivity index (χ0v) is 12.0. The van der Waals surface area contributed by atoms with Crippen LogP contribution in [0.15, 0.2) is 24.3 Å². The Hall–Kier alpha value is -1.07. The van der Waals surface area contributed by atoms with Gasteiger partial charge in [0.05, 0.1) is 5.56 Å². The van der Waals surface area contributed by atoms with Crippen LogP contribution in [0, 0.1) is 5.92 Å². The number of piperazine rings is 1. The Morgan fingerprint density at radius 1 is 1.14 bits per heavy atom. The molecule has 5 heteroatoms. The Bertz CT molecular complexity index is 477. The maximum absolute atomic E-state index is 12.9. The van der Waals surface area contributed by atoms with Crippen LogP contribution in [0.1, 0.15) is 36.4 Å². The Kier molecular flexibility index (Phi) is 4.22. The molecule has 0 aromatic heterocycles. The maximum atomic E-state index is 12.9. The zero-order valence-electron chi connectivity index (χ0n) is 12.0. The van der Waals surface area contributed by atoms with Gasteiger partial charge in [0.15, 0.2) is 0 Å². The van der Waals surface area contributed by atoms with Crippen molar-refractivity contribution >= 4 is 0 Å². The Morgan fingerprint density at radius 2 is 1.86 bits per heavy atom. The summed E-state index contributed by atoms with van der Waals surface area (Å²) in [4.78, 5) is 2.36. The van der Waals surface area contributed by atoms with Gasteiger partial charge < -0.3 is 5.32 Å². The van der Waals surface area contributed by atoms with Gasteiger partial charge in [-0.25, -0.2) is 0 Å². The van der Waals surface area contributed by atoms with Crippen molar-refractivity contribution in [3.63, 3.8) is 0 Å². The van der Waals surface area contributed by atoms with Crippen LogP contribution < -0.4 is 5.32 Å². The van der Waals surface area contributed by atoms with Gasteiger partial charge >= 0.3 is 6.18 Å². The lowest BCUT2D eigenvalue weighted by atomic mass is 9.76. The highest BCUT2D eigenvalue weighted by Gasteiger charge is 2.36. The van der Waals surface area contributed by atoms with Gasteiger partial charge in [0.1, 0.15) is 0 Å². The lowest BCUT2D eigenvalue weighted by Gasteiger charge is -2.43. The molecule has 1 saturated carbocycles. The number of nitrogens with zero attached hydrogens (tertiary/aromatic N) is 1. The topological polar surface area (TPSA) is 15.3 Å². The van der Waals surface area contributed by atoms with Gasteiger partial charge in [-0.05, 0) is 36.5 Å². The van der Waals surface area contributed by atoms with Crippen LogP contribution >= 0.6 is 0 Å². The molecule has 0 unspecified atom stereocenters. The van der Waals surface area contributed by atoms with Crippen molar-refractivity contribution < 1.29 is 13.2 Å². The average Bonchev–Trinajstić information content (AvgIpc) is 2.43. The average molecular weight is 298 g/mol. The fourth-order valence-corrected chi connectivity index (χ4v) is 3.40. The molecule has 1 N–H and O–H groups in total. The Labute approximate surface area is 123 Å². The molecule has 116 valence electrons. The van der Waals surface area contributed by atoms with Crippen molar-refractivity contribution in [2.24, 2.45) is 5.92 Å². The van der Waals surface area contributed by atoms with E-state index in [2.05, 4.69) is 10.2 Å². The monoisotopic (exact) mass is 298 g/mol. The standard InChI is InChI=1S/C16H21F3N2/c17-16(18,19)14-6-2-5-13(11-14)15(12-3-1-4-12)21-9-7-20-8-10-21/h2,5-6,11-12,15,20H,1,3-4,7-10H2/t15-/m1/s1. The van der Waals surface area contributed by atoms with Crippen molar-refractivity contribution in [1.82, 2.24) is 10.2 Å². The van der Waals surface area contributed by atoms with Crippen molar-refractivity contribution in [1.29, 1.82) is 0 Å². The van der Waals surface area contributed by atoms with Crippen LogP contribution in [0.4, 0.5) is 13.2 Å². The molecular weight excluding hydrogens is 277 g/mol. The SMILES string of the molecule is FC(F)(F)c1cccc([C@@H](C2CCC2)N2CCNCC2)c1. The van der Waals surface area contributed by atoms with Gasteiger partial charge in [-0.1, -0.05) is 18.6 Å². The van der Waals surface area contributed by atoms with Crippen LogP contribution in [0.5, 0.6) is 0 Å². The highest BCUT2D eigenvalue weighted by molar-refractivity contribution is 5.29. The summed E-state index contributed by atoms with van der Waals surface area (Å²) in [5.74, 6) is 0.506. The third kappa shape index (κ3) is 3.24. The smallest absolute Gasteiger partial charge is 0.314 e. The predicted molar refractivity (Wildman–Crippen MR) is 76.0 cm³/mol. The number of benzene rings is 1. The molecule has 1 aliphatic heterocycles. The lowest BCUT2D eigenvalue weighted by Crippen LogP contribution is -2.47. The van der Waals surface area contributed by atoms with Crippen LogP contribution in [0.2, 0.25) is 0 Å². The molecule has 1 aromatic carbocycles. The summed E-state index contributed by atoms with van der Waals surface area (Å²) < 4.78 is 38.8. The first-order valence-corrected chi connectivity index (χ1v) is 7.67. The number of nitrogens with one attached hydrogen (secondary N) is 1. The van der Waals surface area contributed by atoms with Crippen molar-refractivity contribution in [2.45, 2.75) is 31.5 Å². The number of halogens is 3. The summed E-state index contributed by atoms with van der Waals surface area (Å²) in [6.07, 6.45) is -0.800. The summed E-state index contributed by atoms with van der Waals surface area (Å²) in [7, 11) is 0. The van der Waals surface area contributed by atoms with E-state index in [-0.39, 0.29) is 6.04 Å². The highest BCUT2D eigenvalue weighted by atomic mass is 19.4. The molecule has 0 bridgehead atoms. The molecule has 1 aromatic rings. The van der Waals surface area contributed by atoms with Gasteiger partial charge in [0.2, 0.25) is 0 Å². The number of hydrogen-bond donors (Lipinski definition) is 1. The summed E-state index contributed by atoms with van der Waals surface area (Å²) in [5.41, 5.74) is 0.302. The molecule has 2 nitrogen and oxygen atoms in total. The van der Waals surface area contributed by atoms with E-state index in [4.69, 9.17) is 0 Å². The van der Waals surface area contributed by atoms with Gasteiger partial charge in [-0.15, -0.1) is 0 Å². The van der Waals surface area contributed by atoms with E-state index in [1.54, 1.807) is 6.07 Å². The molecule has 1 saturated heterocycles. The van der Waals surface area contributed by atoms with Crippen molar-refractivity contribution in [3.8, 4) is 0 Å². The normalized spacial score (nSPS) is 22.8. The minimum absolute atomic E-state index is 0.142. The van der Waals surface area contributed by atoms with E-state index in [0.29, 0.717) is 5.92 Å². The van der Waals surface area contributed by atoms with Crippen molar-refractivity contribution in [2.75, 3.05) is 26.2 Å². The van der Waals surface area contributed by atoms with Gasteiger partial charge in [0, 0.05) is 32.2 Å². The third-order valence-corrected chi connectivity index (χ3v) is 4.70. The van der Waals surface area contributed by atoms with E-state index in [9.17, 15) is 13.2 Å². The van der Waals surface area contributed by atoms with E-state index in [0.717, 1.165) is 44.6 Å². The first-order chi connectivity index (χ1) is 10.1. The highest BCUT2D eigenvalue weighted by Crippen LogP contribution is 2.42. The summed E-state index contributed by atoms with van der Waals surface area (Å²) in [6.45, 7) is 3.67. The molecule has 0 radical (unpaired) electrons. The quantitative estimate of drug-likeness (QED) is 0.919. The van der Waals surface area contributed by atoms with Gasteiger partial charge in [-0.3, -0.25) is 4.90 Å². The minimum atomic E-state index is -4.26. The van der Waals surface area contributed by atoms with Crippen LogP contribution in [0.3, 0.4) is 0 Å². The third-order valence-electron chi connectivity index (χ3n) is 4.70. The molecular formula is C16H21F3N2. The second-order valence-electron chi connectivity index (χ2n) is 6.05. The Balaban J connectivity index is 1.88. The maximum Gasteiger partial charge on any atom is 0.416 e. The fourth-order valence-electron chi connectivity index (χ4n) is 3.40. The van der Waals surface area contributed by atoms with E-state index >= 15 is 0 Å². The van der Waals surface area contributed by atoms with E-state index < -0.39 is 11.7 Å². The zero-order chi connectivity index (χ0) is 14.9. The van der Waals surface area contributed by atoms with Gasteiger partial charge in [0.25, 0.3) is 0 Å². The largest absolute Gasteiger partial charge is 0.416 e. The Morgan fingerprint density at radius 3 is 2.43 bits per heavy atom. The second kappa shape index (κ2) is 5.97. The van der Waals surface area contributed by atoms with Crippen molar-refractivity contribution in [3.05, 3.63) is 35.4 Å². The molecule has 2 fully saturated rings. The molecule has 1 atom stereocenters. The molecule has 3 rings (SSSR count). The fraction of sp³-hybridized carbons (Fsp3) is 0.625. The number of hydrogen-bond acceptors (Lipinski definition) is 2. The molecule has 2 aliphatic rings. The molecule has 1 heterocycles. The molecule has 0 amide bonds. The molecule has 0 spiro atoms. The first-order valence-electron chi connectivity index (χ1n) is 7.67. The lowest BCUT2D eigenvalue weighted by molar-refractivity contribution is -0.137. The minimum Gasteiger partial charge on any atom is -0.314 e. The van der Waals surface area contributed by atoms with Crippen LogP contribution in [-0.4, -0.2) is 31.1 Å². The van der Waals surface area contributed by atoms with Gasteiger partial charge in [-0.2, -0.15) is 13.2 Å². The van der Waals surface area contributed by atoms with E-state index in [1.807, 2.05) is 6.07 Å². The molecule has 1 aliphatic carbocycles. The summed E-state index contributed by atoms with van der Waals surface area (Å²) >= 11 is 0. The number of alkyl halides is 3. The van der Waals surface area contributed by atoms with E-state index in [1.165, 1.54) is 18.6 Å². The predicted octanol–water partition coefficient (Wildman–Crippen LogP) is 3.45. The summed E-state index contributed by atoms with van der Waals surface area (Å²) in [5, 5.41) is 3.31. The van der Waals surface area contributed by atoms with Crippen LogP contribution in [-0.2, 0) is 6.18 Å². The summed E-state index contributed by atoms with van der Waals surface area (Å²) in [6, 6.07) is 6.07. The molecule has 21 heavy (non-hydrogen) atoms. The first kappa shape index (κ1) is 14.9.